The van der Waals surface area contributed by atoms with Crippen LogP contribution in [0.4, 0.5) is 13.2 Å². The summed E-state index contributed by atoms with van der Waals surface area (Å²) in [5, 5.41) is 3.02. The molecule has 4 heteroatoms. The van der Waals surface area contributed by atoms with Gasteiger partial charge in [-0.15, -0.1) is 0 Å². The maximum Gasteiger partial charge on any atom is 0.194 e. The average Bonchev–Trinajstić information content (AvgIpc) is 2.48. The number of rotatable bonds is 4. The van der Waals surface area contributed by atoms with Crippen molar-refractivity contribution in [1.82, 2.24) is 5.32 Å². The summed E-state index contributed by atoms with van der Waals surface area (Å²) in [6.07, 6.45) is 0. The van der Waals surface area contributed by atoms with E-state index in [1.54, 1.807) is 7.05 Å². The lowest BCUT2D eigenvalue weighted by molar-refractivity contribution is 0.347. The molecular weight excluding hydrogens is 275 g/mol. The Morgan fingerprint density at radius 3 is 2.10 bits per heavy atom. The van der Waals surface area contributed by atoms with E-state index in [1.165, 1.54) is 6.07 Å². The molecule has 0 spiro atoms. The molecule has 0 aliphatic heterocycles. The number of hydrogen-bond acceptors (Lipinski definition) is 1. The Morgan fingerprint density at radius 1 is 0.905 bits per heavy atom. The minimum absolute atomic E-state index is 0.116. The third-order valence-corrected chi connectivity index (χ3v) is 3.90. The van der Waals surface area contributed by atoms with E-state index in [0.717, 1.165) is 11.6 Å². The maximum absolute atomic E-state index is 14.1. The lowest BCUT2D eigenvalue weighted by atomic mass is 9.75. The Kier molecular flexibility index (Phi) is 4.37. The van der Waals surface area contributed by atoms with Crippen molar-refractivity contribution in [2.24, 2.45) is 0 Å². The molecule has 112 valence electrons. The molecule has 0 amide bonds. The van der Waals surface area contributed by atoms with Crippen LogP contribution in [0.3, 0.4) is 0 Å². The number of nitrogens with one attached hydrogen (secondary N) is 1. The minimum atomic E-state index is -1.43. The fourth-order valence-electron chi connectivity index (χ4n) is 2.70. The standard InChI is InChI=1S/C17H18F3N/c1-17(2,11-7-5-4-6-8-11)16(21-3)12-9-10-13(18)15(20)14(12)19/h4-10,16,21H,1-3H3. The molecule has 2 aromatic rings. The first kappa shape index (κ1) is 15.6. The molecule has 1 nitrogen and oxygen atoms in total. The van der Waals surface area contributed by atoms with Crippen LogP contribution in [0.25, 0.3) is 0 Å². The third-order valence-electron chi connectivity index (χ3n) is 3.90. The first-order chi connectivity index (χ1) is 9.89. The average molecular weight is 293 g/mol. The van der Waals surface area contributed by atoms with Gasteiger partial charge in [0.05, 0.1) is 0 Å². The van der Waals surface area contributed by atoms with E-state index in [9.17, 15) is 13.2 Å². The number of hydrogen-bond donors (Lipinski definition) is 1. The monoisotopic (exact) mass is 293 g/mol. The van der Waals surface area contributed by atoms with E-state index in [0.29, 0.717) is 0 Å². The Labute approximate surface area is 122 Å². The van der Waals surface area contributed by atoms with Crippen molar-refractivity contribution in [2.45, 2.75) is 25.3 Å². The van der Waals surface area contributed by atoms with E-state index in [1.807, 2.05) is 44.2 Å². The molecule has 0 bridgehead atoms. The molecule has 0 saturated heterocycles. The molecule has 0 aliphatic rings. The van der Waals surface area contributed by atoms with E-state index >= 15 is 0 Å². The van der Waals surface area contributed by atoms with Gasteiger partial charge < -0.3 is 5.32 Å². The van der Waals surface area contributed by atoms with Gasteiger partial charge in [0.25, 0.3) is 0 Å². The smallest absolute Gasteiger partial charge is 0.194 e. The zero-order chi connectivity index (χ0) is 15.6. The topological polar surface area (TPSA) is 12.0 Å². The number of likely N-dealkylation sites (N-methyl/N-ethyl adjacent to an activating group) is 1. The summed E-state index contributed by atoms with van der Waals surface area (Å²) in [5.74, 6) is -3.75. The summed E-state index contributed by atoms with van der Waals surface area (Å²) in [7, 11) is 1.68. The highest BCUT2D eigenvalue weighted by Gasteiger charge is 2.34. The second kappa shape index (κ2) is 5.90. The van der Waals surface area contributed by atoms with Gasteiger partial charge in [-0.25, -0.2) is 13.2 Å². The molecule has 0 fully saturated rings. The maximum atomic E-state index is 14.1. The summed E-state index contributed by atoms with van der Waals surface area (Å²) >= 11 is 0. The summed E-state index contributed by atoms with van der Waals surface area (Å²) in [6, 6.07) is 11.3. The zero-order valence-electron chi connectivity index (χ0n) is 12.3. The molecule has 1 atom stereocenters. The van der Waals surface area contributed by atoms with E-state index < -0.39 is 28.9 Å². The first-order valence-electron chi connectivity index (χ1n) is 6.75. The quantitative estimate of drug-likeness (QED) is 0.827. The van der Waals surface area contributed by atoms with Crippen LogP contribution in [0.1, 0.15) is 31.0 Å². The molecule has 2 rings (SSSR count). The second-order valence-electron chi connectivity index (χ2n) is 5.57. The fourth-order valence-corrected chi connectivity index (χ4v) is 2.70. The van der Waals surface area contributed by atoms with Gasteiger partial charge in [0, 0.05) is 17.0 Å². The zero-order valence-corrected chi connectivity index (χ0v) is 12.3. The van der Waals surface area contributed by atoms with Crippen LogP contribution >= 0.6 is 0 Å². The van der Waals surface area contributed by atoms with Crippen molar-refractivity contribution in [2.75, 3.05) is 7.05 Å². The highest BCUT2D eigenvalue weighted by Crippen LogP contribution is 2.38. The van der Waals surface area contributed by atoms with Crippen molar-refractivity contribution in [1.29, 1.82) is 0 Å². The Bertz CT molecular complexity index is 623. The van der Waals surface area contributed by atoms with Gasteiger partial charge in [-0.05, 0) is 18.7 Å². The lowest BCUT2D eigenvalue weighted by Gasteiger charge is -2.35. The van der Waals surface area contributed by atoms with Gasteiger partial charge in [-0.3, -0.25) is 0 Å². The van der Waals surface area contributed by atoms with Crippen LogP contribution in [-0.2, 0) is 5.41 Å². The molecule has 0 aromatic heterocycles. The molecule has 0 heterocycles. The third kappa shape index (κ3) is 2.81. The molecular formula is C17H18F3N. The van der Waals surface area contributed by atoms with Crippen LogP contribution < -0.4 is 5.32 Å². The highest BCUT2D eigenvalue weighted by atomic mass is 19.2. The fraction of sp³-hybridized carbons (Fsp3) is 0.294. The molecule has 0 radical (unpaired) electrons. The number of benzene rings is 2. The molecule has 0 saturated carbocycles. The highest BCUT2D eigenvalue weighted by molar-refractivity contribution is 5.33. The Morgan fingerprint density at radius 2 is 1.52 bits per heavy atom. The van der Waals surface area contributed by atoms with E-state index in [4.69, 9.17) is 0 Å². The van der Waals surface area contributed by atoms with Crippen molar-refractivity contribution in [3.63, 3.8) is 0 Å². The van der Waals surface area contributed by atoms with Gasteiger partial charge in [0.15, 0.2) is 17.5 Å². The molecule has 1 N–H and O–H groups in total. The second-order valence-corrected chi connectivity index (χ2v) is 5.57. The first-order valence-corrected chi connectivity index (χ1v) is 6.75. The number of halogens is 3. The van der Waals surface area contributed by atoms with Gasteiger partial charge in [-0.2, -0.15) is 0 Å². The molecule has 2 aromatic carbocycles. The Hall–Kier alpha value is -1.81. The summed E-state index contributed by atoms with van der Waals surface area (Å²) in [4.78, 5) is 0. The van der Waals surface area contributed by atoms with Gasteiger partial charge in [0.1, 0.15) is 0 Å². The summed E-state index contributed by atoms with van der Waals surface area (Å²) in [6.45, 7) is 3.87. The van der Waals surface area contributed by atoms with Gasteiger partial charge in [-0.1, -0.05) is 50.2 Å². The van der Waals surface area contributed by atoms with Crippen molar-refractivity contribution in [3.8, 4) is 0 Å². The summed E-state index contributed by atoms with van der Waals surface area (Å²) < 4.78 is 40.7. The predicted molar refractivity (Wildman–Crippen MR) is 77.6 cm³/mol. The predicted octanol–water partition coefficient (Wildman–Crippen LogP) is 4.34. The van der Waals surface area contributed by atoms with Crippen LogP contribution in [-0.4, -0.2) is 7.05 Å². The normalized spacial score (nSPS) is 13.2. The molecule has 21 heavy (non-hydrogen) atoms. The lowest BCUT2D eigenvalue weighted by Crippen LogP contribution is -2.36. The van der Waals surface area contributed by atoms with Crippen molar-refractivity contribution >= 4 is 0 Å². The van der Waals surface area contributed by atoms with Crippen molar-refractivity contribution < 1.29 is 13.2 Å². The Balaban J connectivity index is 2.52. The van der Waals surface area contributed by atoms with Gasteiger partial charge in [0.2, 0.25) is 0 Å². The molecule has 1 unspecified atom stereocenters. The van der Waals surface area contributed by atoms with Crippen LogP contribution in [0.15, 0.2) is 42.5 Å². The van der Waals surface area contributed by atoms with Crippen LogP contribution in [0, 0.1) is 17.5 Å². The van der Waals surface area contributed by atoms with E-state index in [-0.39, 0.29) is 5.56 Å². The van der Waals surface area contributed by atoms with Gasteiger partial charge >= 0.3 is 0 Å². The molecule has 0 aliphatic carbocycles. The largest absolute Gasteiger partial charge is 0.312 e. The van der Waals surface area contributed by atoms with Crippen molar-refractivity contribution in [3.05, 3.63) is 71.0 Å². The SMILES string of the molecule is CNC(c1ccc(F)c(F)c1F)C(C)(C)c1ccccc1. The summed E-state index contributed by atoms with van der Waals surface area (Å²) in [5.41, 5.74) is 0.597. The minimum Gasteiger partial charge on any atom is -0.312 e. The van der Waals surface area contributed by atoms with E-state index in [2.05, 4.69) is 5.32 Å². The van der Waals surface area contributed by atoms with Crippen LogP contribution in [0.2, 0.25) is 0 Å². The van der Waals surface area contributed by atoms with Crippen LogP contribution in [0.5, 0.6) is 0 Å².